The first-order chi connectivity index (χ1) is 11.9. The average Bonchev–Trinajstić information content (AvgIpc) is 3.09. The number of aryl methyl sites for hydroxylation is 2. The van der Waals surface area contributed by atoms with Crippen molar-refractivity contribution in [2.75, 3.05) is 17.8 Å². The molecule has 0 radical (unpaired) electrons. The van der Waals surface area contributed by atoms with Gasteiger partial charge in [-0.05, 0) is 13.8 Å². The number of nitro groups is 1. The Balaban J connectivity index is 1.66. The molecule has 1 aliphatic rings. The number of aromatic nitrogens is 2. The Bertz CT molecular complexity index is 860. The third-order valence-corrected chi connectivity index (χ3v) is 3.90. The molecular formula is C15H17N5O5. The lowest BCUT2D eigenvalue weighted by molar-refractivity contribution is -0.386. The van der Waals surface area contributed by atoms with E-state index in [9.17, 15) is 14.9 Å². The molecule has 10 nitrogen and oxygen atoms in total. The first-order valence-electron chi connectivity index (χ1n) is 7.54. The number of hydrogen-bond acceptors (Lipinski definition) is 7. The van der Waals surface area contributed by atoms with Crippen LogP contribution in [0.4, 0.5) is 17.1 Å². The van der Waals surface area contributed by atoms with Crippen LogP contribution in [0.1, 0.15) is 17.8 Å². The number of anilines is 2. The van der Waals surface area contributed by atoms with Gasteiger partial charge in [-0.15, -0.1) is 0 Å². The maximum Gasteiger partial charge on any atom is 0.312 e. The number of carbonyl (C=O) groups excluding carboxylic acids is 1. The van der Waals surface area contributed by atoms with E-state index in [1.165, 1.54) is 4.68 Å². The predicted octanol–water partition coefficient (Wildman–Crippen LogP) is 1.75. The van der Waals surface area contributed by atoms with Gasteiger partial charge in [0, 0.05) is 18.6 Å². The van der Waals surface area contributed by atoms with E-state index in [4.69, 9.17) is 15.2 Å². The molecule has 0 fully saturated rings. The van der Waals surface area contributed by atoms with Crippen LogP contribution in [0.25, 0.3) is 0 Å². The molecule has 2 heterocycles. The number of rotatable bonds is 5. The molecule has 0 saturated heterocycles. The number of nitrogens with zero attached hydrogens (tertiary/aromatic N) is 3. The fraction of sp³-hybridized carbons (Fsp3) is 0.333. The fourth-order valence-corrected chi connectivity index (χ4v) is 2.66. The van der Waals surface area contributed by atoms with Crippen molar-refractivity contribution >= 4 is 23.0 Å². The zero-order chi connectivity index (χ0) is 18.1. The second kappa shape index (κ2) is 6.30. The summed E-state index contributed by atoms with van der Waals surface area (Å²) < 4.78 is 11.9. The van der Waals surface area contributed by atoms with Gasteiger partial charge >= 0.3 is 5.69 Å². The molecule has 0 saturated carbocycles. The molecule has 0 bridgehead atoms. The van der Waals surface area contributed by atoms with Crippen molar-refractivity contribution in [3.63, 3.8) is 0 Å². The number of amides is 1. The number of ether oxygens (including phenoxy) is 2. The standard InChI is InChI=1S/C15H17N5O5/c1-8-15(20(22)23)9(2)19(18-8)4-3-14(21)17-11-6-13-12(5-10(11)16)24-7-25-13/h5-6H,3-4,7,16H2,1-2H3,(H,17,21). The molecule has 0 aliphatic carbocycles. The molecule has 2 aromatic rings. The van der Waals surface area contributed by atoms with E-state index < -0.39 is 4.92 Å². The summed E-state index contributed by atoms with van der Waals surface area (Å²) in [6.07, 6.45) is 0.0903. The number of nitrogens with one attached hydrogen (secondary N) is 1. The van der Waals surface area contributed by atoms with Gasteiger partial charge in [0.15, 0.2) is 11.5 Å². The van der Waals surface area contributed by atoms with Crippen LogP contribution in [0.3, 0.4) is 0 Å². The Morgan fingerprint density at radius 1 is 1.40 bits per heavy atom. The Labute approximate surface area is 142 Å². The molecule has 1 amide bonds. The molecule has 0 unspecified atom stereocenters. The highest BCUT2D eigenvalue weighted by molar-refractivity contribution is 5.94. The highest BCUT2D eigenvalue weighted by Gasteiger charge is 2.22. The summed E-state index contributed by atoms with van der Waals surface area (Å²) in [5.74, 6) is 0.755. The summed E-state index contributed by atoms with van der Waals surface area (Å²) in [7, 11) is 0. The van der Waals surface area contributed by atoms with Crippen molar-refractivity contribution in [1.82, 2.24) is 9.78 Å². The van der Waals surface area contributed by atoms with Crippen molar-refractivity contribution in [2.45, 2.75) is 26.8 Å². The van der Waals surface area contributed by atoms with Crippen LogP contribution in [0.15, 0.2) is 12.1 Å². The normalized spacial score (nSPS) is 12.2. The fourth-order valence-electron chi connectivity index (χ4n) is 2.66. The lowest BCUT2D eigenvalue weighted by Gasteiger charge is -2.10. The van der Waals surface area contributed by atoms with E-state index in [2.05, 4.69) is 10.4 Å². The largest absolute Gasteiger partial charge is 0.454 e. The van der Waals surface area contributed by atoms with Crippen LogP contribution in [-0.2, 0) is 11.3 Å². The average molecular weight is 347 g/mol. The van der Waals surface area contributed by atoms with E-state index in [-0.39, 0.29) is 31.4 Å². The number of hydrogen-bond donors (Lipinski definition) is 2. The van der Waals surface area contributed by atoms with Gasteiger partial charge < -0.3 is 20.5 Å². The van der Waals surface area contributed by atoms with Gasteiger partial charge in [0.1, 0.15) is 11.4 Å². The summed E-state index contributed by atoms with van der Waals surface area (Å²) in [4.78, 5) is 22.7. The second-order valence-corrected chi connectivity index (χ2v) is 5.59. The zero-order valence-corrected chi connectivity index (χ0v) is 13.7. The van der Waals surface area contributed by atoms with Crippen LogP contribution in [0.2, 0.25) is 0 Å². The Morgan fingerprint density at radius 2 is 2.08 bits per heavy atom. The first-order valence-corrected chi connectivity index (χ1v) is 7.54. The van der Waals surface area contributed by atoms with Crippen LogP contribution >= 0.6 is 0 Å². The highest BCUT2D eigenvalue weighted by atomic mass is 16.7. The van der Waals surface area contributed by atoms with Crippen LogP contribution in [0.5, 0.6) is 11.5 Å². The number of nitrogen functional groups attached to an aromatic ring is 1. The smallest absolute Gasteiger partial charge is 0.312 e. The molecule has 1 aliphatic heterocycles. The van der Waals surface area contributed by atoms with Crippen LogP contribution < -0.4 is 20.5 Å². The number of fused-ring (bicyclic) bond motifs is 1. The van der Waals surface area contributed by atoms with Crippen LogP contribution in [-0.4, -0.2) is 27.4 Å². The molecule has 3 N–H and O–H groups in total. The second-order valence-electron chi connectivity index (χ2n) is 5.59. The minimum absolute atomic E-state index is 0.0274. The summed E-state index contributed by atoms with van der Waals surface area (Å²) >= 11 is 0. The van der Waals surface area contributed by atoms with E-state index in [1.54, 1.807) is 26.0 Å². The maximum atomic E-state index is 12.2. The summed E-state index contributed by atoms with van der Waals surface area (Å²) in [6.45, 7) is 3.50. The molecule has 25 heavy (non-hydrogen) atoms. The van der Waals surface area contributed by atoms with E-state index in [0.717, 1.165) is 0 Å². The predicted molar refractivity (Wildman–Crippen MR) is 88.6 cm³/mol. The molecule has 0 spiro atoms. The molecule has 1 aromatic heterocycles. The molecule has 132 valence electrons. The van der Waals surface area contributed by atoms with Gasteiger partial charge in [0.2, 0.25) is 12.7 Å². The van der Waals surface area contributed by atoms with Crippen molar-refractivity contribution in [3.05, 3.63) is 33.6 Å². The SMILES string of the molecule is Cc1nn(CCC(=O)Nc2cc3c(cc2N)OCO3)c(C)c1[N+](=O)[O-]. The molecular weight excluding hydrogens is 330 g/mol. The van der Waals surface area contributed by atoms with Gasteiger partial charge in [-0.25, -0.2) is 0 Å². The number of nitrogens with two attached hydrogens (primary N) is 1. The minimum atomic E-state index is -0.471. The van der Waals surface area contributed by atoms with Gasteiger partial charge in [0.05, 0.1) is 22.8 Å². The van der Waals surface area contributed by atoms with Gasteiger partial charge in [-0.3, -0.25) is 19.6 Å². The number of benzene rings is 1. The summed E-state index contributed by atoms with van der Waals surface area (Å²) in [5, 5.41) is 17.8. The van der Waals surface area contributed by atoms with Crippen LogP contribution in [0, 0.1) is 24.0 Å². The highest BCUT2D eigenvalue weighted by Crippen LogP contribution is 2.38. The summed E-state index contributed by atoms with van der Waals surface area (Å²) in [5.41, 5.74) is 7.38. The van der Waals surface area contributed by atoms with Crippen molar-refractivity contribution in [1.29, 1.82) is 0 Å². The van der Waals surface area contributed by atoms with Crippen molar-refractivity contribution in [3.8, 4) is 11.5 Å². The quantitative estimate of drug-likeness (QED) is 0.478. The third kappa shape index (κ3) is 3.18. The summed E-state index contributed by atoms with van der Waals surface area (Å²) in [6, 6.07) is 3.19. The van der Waals surface area contributed by atoms with Gasteiger partial charge in [0.25, 0.3) is 0 Å². The monoisotopic (exact) mass is 347 g/mol. The molecule has 10 heteroatoms. The van der Waals surface area contributed by atoms with E-state index >= 15 is 0 Å². The lowest BCUT2D eigenvalue weighted by Crippen LogP contribution is -2.16. The first kappa shape index (κ1) is 16.6. The lowest BCUT2D eigenvalue weighted by atomic mass is 10.2. The molecule has 1 aromatic carbocycles. The Morgan fingerprint density at radius 3 is 2.72 bits per heavy atom. The molecule has 0 atom stereocenters. The zero-order valence-electron chi connectivity index (χ0n) is 13.7. The van der Waals surface area contributed by atoms with Crippen molar-refractivity contribution < 1.29 is 19.2 Å². The number of carbonyl (C=O) groups is 1. The maximum absolute atomic E-state index is 12.2. The Hall–Kier alpha value is -3.30. The van der Waals surface area contributed by atoms with Gasteiger partial charge in [-0.2, -0.15) is 5.10 Å². The van der Waals surface area contributed by atoms with Gasteiger partial charge in [-0.1, -0.05) is 0 Å². The van der Waals surface area contributed by atoms with E-state index in [0.29, 0.717) is 34.3 Å². The molecule has 3 rings (SSSR count). The van der Waals surface area contributed by atoms with E-state index in [1.807, 2.05) is 0 Å². The topological polar surface area (TPSA) is 135 Å². The van der Waals surface area contributed by atoms with Crippen molar-refractivity contribution in [2.24, 2.45) is 0 Å². The third-order valence-electron chi connectivity index (χ3n) is 3.90. The Kier molecular flexibility index (Phi) is 4.17. The minimum Gasteiger partial charge on any atom is -0.454 e.